The molecule has 1 unspecified atom stereocenters. The van der Waals surface area contributed by atoms with Crippen molar-refractivity contribution in [3.05, 3.63) is 23.8 Å². The fourth-order valence-electron chi connectivity index (χ4n) is 2.17. The Balaban J connectivity index is 2.04. The molecule has 0 spiro atoms. The predicted octanol–water partition coefficient (Wildman–Crippen LogP) is 0.988. The van der Waals surface area contributed by atoms with Crippen LogP contribution >= 0.6 is 0 Å². The van der Waals surface area contributed by atoms with Gasteiger partial charge in [-0.3, -0.25) is 0 Å². The van der Waals surface area contributed by atoms with Crippen LogP contribution in [-0.4, -0.2) is 27.7 Å². The van der Waals surface area contributed by atoms with Crippen molar-refractivity contribution in [3.8, 4) is 6.07 Å². The second-order valence-electron chi connectivity index (χ2n) is 4.69. The Hall–Kier alpha value is -1.62. The van der Waals surface area contributed by atoms with Crippen LogP contribution < -0.4 is 10.5 Å². The average Bonchev–Trinajstić information content (AvgIpc) is 2.91. The summed E-state index contributed by atoms with van der Waals surface area (Å²) in [6, 6.07) is 6.02. The van der Waals surface area contributed by atoms with Gasteiger partial charge in [-0.05, 0) is 37.5 Å². The minimum Gasteiger partial charge on any atom is -0.399 e. The quantitative estimate of drug-likeness (QED) is 0.788. The molecular formula is C13H17N3O3S. The van der Waals surface area contributed by atoms with Crippen LogP contribution in [0.1, 0.15) is 24.8 Å². The van der Waals surface area contributed by atoms with E-state index in [1.165, 1.54) is 18.2 Å². The monoisotopic (exact) mass is 295 g/mol. The SMILES string of the molecule is N#Cc1cc(N)ccc1S(=O)(=O)NCCC1CCCO1. The molecule has 6 nitrogen and oxygen atoms in total. The predicted molar refractivity (Wildman–Crippen MR) is 74.3 cm³/mol. The van der Waals surface area contributed by atoms with Crippen LogP contribution in [-0.2, 0) is 14.8 Å². The third-order valence-electron chi connectivity index (χ3n) is 3.20. The Kier molecular flexibility index (Phi) is 4.60. The van der Waals surface area contributed by atoms with Crippen LogP contribution in [0.15, 0.2) is 23.1 Å². The van der Waals surface area contributed by atoms with Crippen molar-refractivity contribution >= 4 is 15.7 Å². The van der Waals surface area contributed by atoms with Crippen LogP contribution in [0.3, 0.4) is 0 Å². The molecule has 1 aliphatic heterocycles. The lowest BCUT2D eigenvalue weighted by atomic mass is 10.2. The van der Waals surface area contributed by atoms with E-state index in [1.54, 1.807) is 0 Å². The normalized spacial score (nSPS) is 18.9. The Morgan fingerprint density at radius 3 is 2.95 bits per heavy atom. The van der Waals surface area contributed by atoms with Gasteiger partial charge >= 0.3 is 0 Å². The summed E-state index contributed by atoms with van der Waals surface area (Å²) in [6.45, 7) is 1.04. The van der Waals surface area contributed by atoms with Gasteiger partial charge in [0.1, 0.15) is 6.07 Å². The maximum absolute atomic E-state index is 12.2. The number of nitrogen functional groups attached to an aromatic ring is 1. The second-order valence-corrected chi connectivity index (χ2v) is 6.42. The Bertz CT molecular complexity index is 616. The number of ether oxygens (including phenoxy) is 1. The lowest BCUT2D eigenvalue weighted by Crippen LogP contribution is -2.27. The number of hydrogen-bond donors (Lipinski definition) is 2. The van der Waals surface area contributed by atoms with E-state index in [9.17, 15) is 8.42 Å². The number of sulfonamides is 1. The number of nitrogens with one attached hydrogen (secondary N) is 1. The van der Waals surface area contributed by atoms with Gasteiger partial charge in [0, 0.05) is 18.8 Å². The molecule has 0 saturated carbocycles. The first-order chi connectivity index (χ1) is 9.53. The first-order valence-electron chi connectivity index (χ1n) is 6.44. The van der Waals surface area contributed by atoms with Gasteiger partial charge in [0.15, 0.2) is 0 Å². The minimum atomic E-state index is -3.70. The van der Waals surface area contributed by atoms with Crippen molar-refractivity contribution in [3.63, 3.8) is 0 Å². The van der Waals surface area contributed by atoms with Gasteiger partial charge in [0.2, 0.25) is 10.0 Å². The summed E-state index contributed by atoms with van der Waals surface area (Å²) in [5.41, 5.74) is 5.96. The van der Waals surface area contributed by atoms with Gasteiger partial charge in [-0.25, -0.2) is 13.1 Å². The smallest absolute Gasteiger partial charge is 0.241 e. The van der Waals surface area contributed by atoms with E-state index in [2.05, 4.69) is 4.72 Å². The molecule has 1 atom stereocenters. The molecule has 1 fully saturated rings. The molecule has 1 saturated heterocycles. The molecule has 7 heteroatoms. The Morgan fingerprint density at radius 1 is 1.50 bits per heavy atom. The standard InChI is InChI=1S/C13H17N3O3S/c14-9-10-8-11(15)3-4-13(10)20(17,18)16-6-5-12-2-1-7-19-12/h3-4,8,12,16H,1-2,5-7,15H2. The molecule has 0 amide bonds. The van der Waals surface area contributed by atoms with Crippen LogP contribution in [0, 0.1) is 11.3 Å². The number of rotatable bonds is 5. The zero-order valence-corrected chi connectivity index (χ0v) is 11.8. The summed E-state index contributed by atoms with van der Waals surface area (Å²) in [7, 11) is -3.70. The molecule has 3 N–H and O–H groups in total. The highest BCUT2D eigenvalue weighted by Gasteiger charge is 2.20. The van der Waals surface area contributed by atoms with Crippen molar-refractivity contribution < 1.29 is 13.2 Å². The highest BCUT2D eigenvalue weighted by atomic mass is 32.2. The van der Waals surface area contributed by atoms with E-state index in [4.69, 9.17) is 15.7 Å². The summed E-state index contributed by atoms with van der Waals surface area (Å²) in [5, 5.41) is 8.99. The Morgan fingerprint density at radius 2 is 2.30 bits per heavy atom. The lowest BCUT2D eigenvalue weighted by molar-refractivity contribution is 0.105. The van der Waals surface area contributed by atoms with Crippen molar-refractivity contribution in [1.29, 1.82) is 5.26 Å². The number of benzene rings is 1. The largest absolute Gasteiger partial charge is 0.399 e. The molecular weight excluding hydrogens is 278 g/mol. The number of nitrogens with zero attached hydrogens (tertiary/aromatic N) is 1. The van der Waals surface area contributed by atoms with Crippen molar-refractivity contribution in [2.45, 2.75) is 30.3 Å². The van der Waals surface area contributed by atoms with E-state index in [0.717, 1.165) is 19.4 Å². The fraction of sp³-hybridized carbons (Fsp3) is 0.462. The number of anilines is 1. The summed E-state index contributed by atoms with van der Waals surface area (Å²) in [6.07, 6.45) is 2.75. The maximum Gasteiger partial charge on any atom is 0.241 e. The van der Waals surface area contributed by atoms with E-state index in [-0.39, 0.29) is 16.6 Å². The molecule has 20 heavy (non-hydrogen) atoms. The summed E-state index contributed by atoms with van der Waals surface area (Å²) < 4.78 is 32.2. The van der Waals surface area contributed by atoms with Gasteiger partial charge in [0.05, 0.1) is 16.6 Å². The molecule has 2 rings (SSSR count). The van der Waals surface area contributed by atoms with Gasteiger partial charge in [-0.1, -0.05) is 0 Å². The van der Waals surface area contributed by atoms with Gasteiger partial charge in [0.25, 0.3) is 0 Å². The number of hydrogen-bond acceptors (Lipinski definition) is 5. The summed E-state index contributed by atoms with van der Waals surface area (Å²) in [5.74, 6) is 0. The summed E-state index contributed by atoms with van der Waals surface area (Å²) >= 11 is 0. The van der Waals surface area contributed by atoms with Gasteiger partial charge in [-0.2, -0.15) is 5.26 Å². The average molecular weight is 295 g/mol. The van der Waals surface area contributed by atoms with Crippen LogP contribution in [0.5, 0.6) is 0 Å². The molecule has 0 aromatic heterocycles. The van der Waals surface area contributed by atoms with Crippen molar-refractivity contribution in [2.75, 3.05) is 18.9 Å². The topological polar surface area (TPSA) is 105 Å². The van der Waals surface area contributed by atoms with E-state index in [0.29, 0.717) is 18.7 Å². The van der Waals surface area contributed by atoms with Crippen molar-refractivity contribution in [1.82, 2.24) is 4.72 Å². The molecule has 0 radical (unpaired) electrons. The van der Waals surface area contributed by atoms with Crippen molar-refractivity contribution in [2.24, 2.45) is 0 Å². The second kappa shape index (κ2) is 6.22. The third-order valence-corrected chi connectivity index (χ3v) is 4.72. The first-order valence-corrected chi connectivity index (χ1v) is 7.92. The number of nitriles is 1. The third kappa shape index (κ3) is 3.48. The maximum atomic E-state index is 12.2. The highest BCUT2D eigenvalue weighted by molar-refractivity contribution is 7.89. The molecule has 108 valence electrons. The van der Waals surface area contributed by atoms with E-state index in [1.807, 2.05) is 6.07 Å². The number of nitrogens with two attached hydrogens (primary N) is 1. The molecule has 1 aromatic rings. The molecule has 1 aliphatic rings. The minimum absolute atomic E-state index is 0.0402. The van der Waals surface area contributed by atoms with Crippen LogP contribution in [0.4, 0.5) is 5.69 Å². The fourth-order valence-corrected chi connectivity index (χ4v) is 3.36. The zero-order valence-electron chi connectivity index (χ0n) is 11.0. The Labute approximate surface area is 118 Å². The highest BCUT2D eigenvalue weighted by Crippen LogP contribution is 2.19. The van der Waals surface area contributed by atoms with Crippen LogP contribution in [0.2, 0.25) is 0 Å². The first kappa shape index (κ1) is 14.8. The summed E-state index contributed by atoms with van der Waals surface area (Å²) in [4.78, 5) is -0.0402. The lowest BCUT2D eigenvalue weighted by Gasteiger charge is -2.11. The van der Waals surface area contributed by atoms with E-state index >= 15 is 0 Å². The van der Waals surface area contributed by atoms with Gasteiger partial charge < -0.3 is 10.5 Å². The molecule has 0 aliphatic carbocycles. The van der Waals surface area contributed by atoms with Crippen LogP contribution in [0.25, 0.3) is 0 Å². The van der Waals surface area contributed by atoms with E-state index < -0.39 is 10.0 Å². The molecule has 0 bridgehead atoms. The zero-order chi connectivity index (χ0) is 14.6. The molecule has 1 aromatic carbocycles. The molecule has 1 heterocycles. The van der Waals surface area contributed by atoms with Gasteiger partial charge in [-0.15, -0.1) is 0 Å².